The van der Waals surface area contributed by atoms with E-state index < -0.39 is 4.92 Å². The molecule has 1 atom stereocenters. The molecule has 1 aliphatic rings. The first kappa shape index (κ1) is 14.2. The van der Waals surface area contributed by atoms with E-state index in [1.165, 1.54) is 28.7 Å². The van der Waals surface area contributed by atoms with Crippen molar-refractivity contribution in [2.45, 2.75) is 10.8 Å². The van der Waals surface area contributed by atoms with E-state index in [2.05, 4.69) is 12.1 Å². The number of nitro benzene ring substituents is 1. The van der Waals surface area contributed by atoms with E-state index in [1.807, 2.05) is 12.1 Å². The molecule has 108 valence electrons. The summed E-state index contributed by atoms with van der Waals surface area (Å²) in [6.07, 6.45) is 0. The van der Waals surface area contributed by atoms with Gasteiger partial charge in [0.15, 0.2) is 5.75 Å². The lowest BCUT2D eigenvalue weighted by Gasteiger charge is -2.12. The number of benzene rings is 2. The number of nitro groups is 1. The molecule has 6 heteroatoms. The van der Waals surface area contributed by atoms with Crippen LogP contribution in [0.25, 0.3) is 0 Å². The van der Waals surface area contributed by atoms with Crippen LogP contribution in [-0.2, 0) is 0 Å². The summed E-state index contributed by atoms with van der Waals surface area (Å²) < 4.78 is 5.68. The highest BCUT2D eigenvalue weighted by Crippen LogP contribution is 2.40. The van der Waals surface area contributed by atoms with Gasteiger partial charge in [-0.25, -0.2) is 0 Å². The molecule has 0 saturated heterocycles. The van der Waals surface area contributed by atoms with Crippen molar-refractivity contribution in [2.24, 2.45) is 0 Å². The van der Waals surface area contributed by atoms with Crippen LogP contribution in [0.5, 0.6) is 5.75 Å². The molecule has 3 rings (SSSR count). The van der Waals surface area contributed by atoms with Crippen molar-refractivity contribution >= 4 is 29.1 Å². The van der Waals surface area contributed by atoms with Crippen molar-refractivity contribution in [2.75, 3.05) is 12.4 Å². The maximum absolute atomic E-state index is 11.0. The first-order chi connectivity index (χ1) is 10.1. The Bertz CT molecular complexity index is 692. The van der Waals surface area contributed by atoms with Crippen LogP contribution in [0.4, 0.5) is 5.69 Å². The quantitative estimate of drug-likeness (QED) is 0.614. The molecule has 4 nitrogen and oxygen atoms in total. The summed E-state index contributed by atoms with van der Waals surface area (Å²) in [4.78, 5) is 11.8. The summed E-state index contributed by atoms with van der Waals surface area (Å²) in [6.45, 7) is 0.408. The minimum atomic E-state index is -0.455. The first-order valence-electron chi connectivity index (χ1n) is 6.43. The largest absolute Gasteiger partial charge is 0.486 e. The Morgan fingerprint density at radius 3 is 2.95 bits per heavy atom. The smallest absolute Gasteiger partial charge is 0.311 e. The molecule has 2 aromatic carbocycles. The van der Waals surface area contributed by atoms with E-state index in [1.54, 1.807) is 11.8 Å². The van der Waals surface area contributed by atoms with Gasteiger partial charge in [0.25, 0.3) is 0 Å². The Kier molecular flexibility index (Phi) is 4.03. The Hall–Kier alpha value is -1.72. The number of halogens is 1. The molecular weight excluding hydrogens is 310 g/mol. The summed E-state index contributed by atoms with van der Waals surface area (Å²) in [5.74, 6) is 1.39. The van der Waals surface area contributed by atoms with E-state index in [4.69, 9.17) is 16.3 Å². The van der Waals surface area contributed by atoms with Gasteiger partial charge in [-0.2, -0.15) is 0 Å². The Morgan fingerprint density at radius 1 is 1.33 bits per heavy atom. The number of fused-ring (bicyclic) bond motifs is 1. The fraction of sp³-hybridized carbons (Fsp3) is 0.200. The van der Waals surface area contributed by atoms with E-state index >= 15 is 0 Å². The topological polar surface area (TPSA) is 52.4 Å². The van der Waals surface area contributed by atoms with Crippen LogP contribution in [0.1, 0.15) is 11.5 Å². The number of thioether (sulfide) groups is 1. The maximum Gasteiger partial charge on any atom is 0.311 e. The summed E-state index contributed by atoms with van der Waals surface area (Å²) in [7, 11) is 0. The van der Waals surface area contributed by atoms with Gasteiger partial charge in [-0.3, -0.25) is 10.1 Å². The third-order valence-electron chi connectivity index (χ3n) is 3.36. The van der Waals surface area contributed by atoms with Crippen molar-refractivity contribution < 1.29 is 9.66 Å². The van der Waals surface area contributed by atoms with Crippen molar-refractivity contribution in [3.63, 3.8) is 0 Å². The van der Waals surface area contributed by atoms with Crippen LogP contribution < -0.4 is 4.74 Å². The van der Waals surface area contributed by atoms with Gasteiger partial charge in [0.05, 0.1) is 11.5 Å². The third kappa shape index (κ3) is 2.99. The predicted octanol–water partition coefficient (Wildman–Crippen LogP) is 4.52. The van der Waals surface area contributed by atoms with Gasteiger partial charge in [0.1, 0.15) is 0 Å². The Balaban J connectivity index is 1.77. The molecule has 21 heavy (non-hydrogen) atoms. The highest BCUT2D eigenvalue weighted by Gasteiger charge is 2.24. The predicted molar refractivity (Wildman–Crippen MR) is 83.5 cm³/mol. The molecule has 0 bridgehead atoms. The molecule has 1 unspecified atom stereocenters. The zero-order valence-electron chi connectivity index (χ0n) is 11.0. The van der Waals surface area contributed by atoms with Gasteiger partial charge in [-0.1, -0.05) is 29.8 Å². The van der Waals surface area contributed by atoms with Crippen LogP contribution >= 0.6 is 23.4 Å². The van der Waals surface area contributed by atoms with Crippen LogP contribution in [0, 0.1) is 10.1 Å². The average molecular weight is 322 g/mol. The summed E-state index contributed by atoms with van der Waals surface area (Å²) in [5, 5.41) is 11.4. The highest BCUT2D eigenvalue weighted by molar-refractivity contribution is 7.99. The average Bonchev–Trinajstić information content (AvgIpc) is 2.88. The van der Waals surface area contributed by atoms with Gasteiger partial charge in [-0.15, -0.1) is 11.8 Å². The highest BCUT2D eigenvalue weighted by atomic mass is 35.5. The molecule has 2 aromatic rings. The summed E-state index contributed by atoms with van der Waals surface area (Å²) in [5.41, 5.74) is 1.19. The van der Waals surface area contributed by atoms with Gasteiger partial charge in [-0.05, 0) is 17.7 Å². The molecule has 0 N–H and O–H groups in total. The third-order valence-corrected chi connectivity index (χ3v) is 4.84. The zero-order valence-corrected chi connectivity index (χ0v) is 12.6. The van der Waals surface area contributed by atoms with Gasteiger partial charge in [0.2, 0.25) is 0 Å². The number of ether oxygens (including phenoxy) is 1. The van der Waals surface area contributed by atoms with Gasteiger partial charge >= 0.3 is 5.69 Å². The summed E-state index contributed by atoms with van der Waals surface area (Å²) in [6, 6.07) is 12.5. The van der Waals surface area contributed by atoms with Gasteiger partial charge < -0.3 is 4.74 Å². The van der Waals surface area contributed by atoms with E-state index in [0.29, 0.717) is 11.6 Å². The minimum Gasteiger partial charge on any atom is -0.486 e. The van der Waals surface area contributed by atoms with Crippen molar-refractivity contribution in [1.29, 1.82) is 0 Å². The van der Waals surface area contributed by atoms with E-state index in [9.17, 15) is 10.1 Å². The van der Waals surface area contributed by atoms with E-state index in [0.717, 1.165) is 5.75 Å². The minimum absolute atomic E-state index is 0.0571. The molecule has 0 aliphatic carbocycles. The fourth-order valence-electron chi connectivity index (χ4n) is 2.31. The molecule has 0 spiro atoms. The second-order valence-corrected chi connectivity index (χ2v) is 6.22. The lowest BCUT2D eigenvalue weighted by Crippen LogP contribution is -2.10. The second-order valence-electron chi connectivity index (χ2n) is 4.73. The first-order valence-corrected chi connectivity index (χ1v) is 7.80. The molecule has 0 aromatic heterocycles. The lowest BCUT2D eigenvalue weighted by atomic mass is 10.0. The zero-order chi connectivity index (χ0) is 14.8. The van der Waals surface area contributed by atoms with Crippen LogP contribution in [0.3, 0.4) is 0 Å². The Labute approximate surface area is 131 Å². The van der Waals surface area contributed by atoms with Crippen molar-refractivity contribution in [3.8, 4) is 5.75 Å². The van der Waals surface area contributed by atoms with Crippen LogP contribution in [0.15, 0.2) is 47.4 Å². The fourth-order valence-corrected chi connectivity index (χ4v) is 3.71. The SMILES string of the molecule is O=[N+]([O-])c1ccc(Cl)cc1OCC1CSc2ccccc21. The number of hydrogen-bond acceptors (Lipinski definition) is 4. The lowest BCUT2D eigenvalue weighted by molar-refractivity contribution is -0.385. The van der Waals surface area contributed by atoms with Crippen LogP contribution in [0.2, 0.25) is 5.02 Å². The molecule has 0 saturated carbocycles. The standard InChI is InChI=1S/C15H12ClNO3S/c16-11-5-6-13(17(18)19)14(7-11)20-8-10-9-21-15-4-2-1-3-12(10)15/h1-7,10H,8-9H2. The van der Waals surface area contributed by atoms with Crippen molar-refractivity contribution in [1.82, 2.24) is 0 Å². The molecule has 1 aliphatic heterocycles. The summed E-state index contributed by atoms with van der Waals surface area (Å²) >= 11 is 7.68. The van der Waals surface area contributed by atoms with Gasteiger partial charge in [0, 0.05) is 33.7 Å². The monoisotopic (exact) mass is 321 g/mol. The Morgan fingerprint density at radius 2 is 2.14 bits per heavy atom. The van der Waals surface area contributed by atoms with E-state index in [-0.39, 0.29) is 17.4 Å². The maximum atomic E-state index is 11.0. The number of hydrogen-bond donors (Lipinski definition) is 0. The molecule has 0 radical (unpaired) electrons. The van der Waals surface area contributed by atoms with Crippen LogP contribution in [-0.4, -0.2) is 17.3 Å². The number of nitrogens with zero attached hydrogens (tertiary/aromatic N) is 1. The molecule has 0 fully saturated rings. The van der Waals surface area contributed by atoms with Crippen molar-refractivity contribution in [3.05, 3.63) is 63.2 Å². The molecule has 1 heterocycles. The normalized spacial score (nSPS) is 16.5. The molecular formula is C15H12ClNO3S. The molecule has 0 amide bonds. The number of rotatable bonds is 4. The second kappa shape index (κ2) is 5.95.